The first-order valence-electron chi connectivity index (χ1n) is 9.04. The summed E-state index contributed by atoms with van der Waals surface area (Å²) in [7, 11) is 0. The number of hydrogen-bond donors (Lipinski definition) is 2. The Hall–Kier alpha value is -1.92. The Kier molecular flexibility index (Phi) is 5.39. The molecule has 0 radical (unpaired) electrons. The van der Waals surface area contributed by atoms with E-state index in [1.807, 2.05) is 13.0 Å². The van der Waals surface area contributed by atoms with Crippen molar-refractivity contribution < 1.29 is 14.3 Å². The van der Waals surface area contributed by atoms with Crippen molar-refractivity contribution in [3.63, 3.8) is 0 Å². The monoisotopic (exact) mass is 345 g/mol. The molecule has 136 valence electrons. The van der Waals surface area contributed by atoms with Gasteiger partial charge in [0.05, 0.1) is 19.1 Å². The molecule has 0 spiro atoms. The highest BCUT2D eigenvalue weighted by Gasteiger charge is 2.37. The number of hydrogen-bond acceptors (Lipinski definition) is 4. The van der Waals surface area contributed by atoms with Gasteiger partial charge in [-0.2, -0.15) is 0 Å². The van der Waals surface area contributed by atoms with Gasteiger partial charge in [0.15, 0.2) is 0 Å². The Morgan fingerprint density at radius 1 is 1.28 bits per heavy atom. The van der Waals surface area contributed by atoms with Gasteiger partial charge in [0.2, 0.25) is 5.91 Å². The van der Waals surface area contributed by atoms with Crippen LogP contribution in [-0.2, 0) is 9.53 Å². The van der Waals surface area contributed by atoms with Crippen LogP contribution in [0.5, 0.6) is 0 Å². The predicted octanol–water partition coefficient (Wildman–Crippen LogP) is 2.01. The molecule has 6 nitrogen and oxygen atoms in total. The molecule has 2 atom stereocenters. The van der Waals surface area contributed by atoms with Gasteiger partial charge < -0.3 is 20.7 Å². The molecule has 1 saturated heterocycles. The maximum atomic E-state index is 12.7. The number of anilines is 1. The average Bonchev–Trinajstić information content (AvgIpc) is 2.61. The number of carbonyl (C=O) groups is 2. The van der Waals surface area contributed by atoms with Crippen molar-refractivity contribution in [1.82, 2.24) is 4.90 Å². The SMILES string of the molecule is CC1(N)CCCCC1C(=O)Nc1cccc(C(=O)N2CCOCC2)c1. The van der Waals surface area contributed by atoms with E-state index in [1.54, 1.807) is 23.1 Å². The molecule has 6 heteroatoms. The smallest absolute Gasteiger partial charge is 0.254 e. The van der Waals surface area contributed by atoms with Crippen molar-refractivity contribution in [2.75, 3.05) is 31.6 Å². The fraction of sp³-hybridized carbons (Fsp3) is 0.579. The summed E-state index contributed by atoms with van der Waals surface area (Å²) in [5, 5.41) is 2.95. The molecule has 0 bridgehead atoms. The van der Waals surface area contributed by atoms with E-state index < -0.39 is 5.54 Å². The molecule has 3 N–H and O–H groups in total. The van der Waals surface area contributed by atoms with E-state index in [0.717, 1.165) is 25.7 Å². The van der Waals surface area contributed by atoms with Crippen LogP contribution in [-0.4, -0.2) is 48.6 Å². The number of rotatable bonds is 3. The van der Waals surface area contributed by atoms with E-state index in [2.05, 4.69) is 5.32 Å². The molecule has 25 heavy (non-hydrogen) atoms. The summed E-state index contributed by atoms with van der Waals surface area (Å²) >= 11 is 0. The Labute approximate surface area is 148 Å². The zero-order valence-corrected chi connectivity index (χ0v) is 14.8. The fourth-order valence-corrected chi connectivity index (χ4v) is 3.70. The molecule has 2 amide bonds. The first-order chi connectivity index (χ1) is 12.0. The zero-order valence-electron chi connectivity index (χ0n) is 14.8. The summed E-state index contributed by atoms with van der Waals surface area (Å²) in [6, 6.07) is 7.13. The molecular formula is C19H27N3O3. The lowest BCUT2D eigenvalue weighted by molar-refractivity contribution is -0.122. The van der Waals surface area contributed by atoms with Crippen LogP contribution in [0, 0.1) is 5.92 Å². The van der Waals surface area contributed by atoms with Crippen molar-refractivity contribution in [2.45, 2.75) is 38.1 Å². The minimum atomic E-state index is -0.469. The van der Waals surface area contributed by atoms with Crippen molar-refractivity contribution in [3.05, 3.63) is 29.8 Å². The van der Waals surface area contributed by atoms with Gasteiger partial charge in [0.25, 0.3) is 5.91 Å². The van der Waals surface area contributed by atoms with Gasteiger partial charge >= 0.3 is 0 Å². The van der Waals surface area contributed by atoms with Crippen LogP contribution in [0.1, 0.15) is 43.0 Å². The third kappa shape index (κ3) is 4.19. The van der Waals surface area contributed by atoms with Gasteiger partial charge in [0.1, 0.15) is 0 Å². The van der Waals surface area contributed by atoms with Crippen LogP contribution in [0.3, 0.4) is 0 Å². The highest BCUT2D eigenvalue weighted by atomic mass is 16.5. The number of benzene rings is 1. The maximum Gasteiger partial charge on any atom is 0.254 e. The number of morpholine rings is 1. The number of nitrogens with zero attached hydrogens (tertiary/aromatic N) is 1. The second kappa shape index (κ2) is 7.54. The van der Waals surface area contributed by atoms with Crippen LogP contribution < -0.4 is 11.1 Å². The minimum Gasteiger partial charge on any atom is -0.378 e. The number of ether oxygens (including phenoxy) is 1. The summed E-state index contributed by atoms with van der Waals surface area (Å²) in [4.78, 5) is 27.0. The van der Waals surface area contributed by atoms with E-state index in [0.29, 0.717) is 37.6 Å². The van der Waals surface area contributed by atoms with Gasteiger partial charge in [0, 0.05) is 29.9 Å². The van der Waals surface area contributed by atoms with Crippen molar-refractivity contribution >= 4 is 17.5 Å². The molecule has 3 rings (SSSR count). The normalized spacial score (nSPS) is 27.0. The number of carbonyl (C=O) groups excluding carboxylic acids is 2. The molecule has 1 aliphatic carbocycles. The van der Waals surface area contributed by atoms with E-state index >= 15 is 0 Å². The Morgan fingerprint density at radius 2 is 2.04 bits per heavy atom. The predicted molar refractivity (Wildman–Crippen MR) is 96.3 cm³/mol. The van der Waals surface area contributed by atoms with Crippen LogP contribution in [0.15, 0.2) is 24.3 Å². The fourth-order valence-electron chi connectivity index (χ4n) is 3.70. The van der Waals surface area contributed by atoms with Gasteiger partial charge in [-0.25, -0.2) is 0 Å². The molecule has 2 fully saturated rings. The molecular weight excluding hydrogens is 318 g/mol. The van der Waals surface area contributed by atoms with E-state index in [4.69, 9.17) is 10.5 Å². The highest BCUT2D eigenvalue weighted by Crippen LogP contribution is 2.32. The third-order valence-corrected chi connectivity index (χ3v) is 5.25. The number of amides is 2. The van der Waals surface area contributed by atoms with Crippen molar-refractivity contribution in [3.8, 4) is 0 Å². The lowest BCUT2D eigenvalue weighted by atomic mass is 9.74. The standard InChI is InChI=1S/C19H27N3O3/c1-19(20)8-3-2-7-16(19)17(23)21-15-6-4-5-14(13-15)18(24)22-9-11-25-12-10-22/h4-6,13,16H,2-3,7-12,20H2,1H3,(H,21,23). The van der Waals surface area contributed by atoms with Crippen molar-refractivity contribution in [2.24, 2.45) is 11.7 Å². The Morgan fingerprint density at radius 3 is 2.76 bits per heavy atom. The minimum absolute atomic E-state index is 0.0271. The molecule has 1 saturated carbocycles. The lowest BCUT2D eigenvalue weighted by Gasteiger charge is -2.37. The summed E-state index contributed by atoms with van der Waals surface area (Å²) in [6.45, 7) is 4.29. The molecule has 1 aliphatic heterocycles. The van der Waals surface area contributed by atoms with Gasteiger partial charge in [-0.05, 0) is 38.0 Å². The Balaban J connectivity index is 1.69. The number of nitrogens with two attached hydrogens (primary N) is 1. The van der Waals surface area contributed by atoms with Crippen LogP contribution in [0.4, 0.5) is 5.69 Å². The molecule has 2 aliphatic rings. The van der Waals surface area contributed by atoms with E-state index in [9.17, 15) is 9.59 Å². The van der Waals surface area contributed by atoms with Crippen molar-refractivity contribution in [1.29, 1.82) is 0 Å². The summed E-state index contributed by atoms with van der Waals surface area (Å²) < 4.78 is 5.29. The van der Waals surface area contributed by atoms with E-state index in [-0.39, 0.29) is 17.7 Å². The second-order valence-corrected chi connectivity index (χ2v) is 7.28. The highest BCUT2D eigenvalue weighted by molar-refractivity contribution is 5.98. The molecule has 1 heterocycles. The molecule has 1 aromatic carbocycles. The Bertz CT molecular complexity index is 639. The second-order valence-electron chi connectivity index (χ2n) is 7.28. The first kappa shape index (κ1) is 17.9. The maximum absolute atomic E-state index is 12.7. The third-order valence-electron chi connectivity index (χ3n) is 5.25. The van der Waals surface area contributed by atoms with Gasteiger partial charge in [-0.15, -0.1) is 0 Å². The summed E-state index contributed by atoms with van der Waals surface area (Å²) in [5.74, 6) is -0.277. The number of nitrogens with one attached hydrogen (secondary N) is 1. The van der Waals surface area contributed by atoms with Gasteiger partial charge in [-0.1, -0.05) is 18.9 Å². The quantitative estimate of drug-likeness (QED) is 0.877. The van der Waals surface area contributed by atoms with Crippen LogP contribution in [0.2, 0.25) is 0 Å². The average molecular weight is 345 g/mol. The molecule has 1 aromatic rings. The molecule has 2 unspecified atom stereocenters. The van der Waals surface area contributed by atoms with E-state index in [1.165, 1.54) is 0 Å². The largest absolute Gasteiger partial charge is 0.378 e. The summed E-state index contributed by atoms with van der Waals surface area (Å²) in [5.41, 5.74) is 7.08. The first-order valence-corrected chi connectivity index (χ1v) is 9.04. The van der Waals surface area contributed by atoms with Crippen LogP contribution in [0.25, 0.3) is 0 Å². The van der Waals surface area contributed by atoms with Gasteiger partial charge in [-0.3, -0.25) is 9.59 Å². The lowest BCUT2D eigenvalue weighted by Crippen LogP contribution is -2.51. The molecule has 0 aromatic heterocycles. The topological polar surface area (TPSA) is 84.7 Å². The zero-order chi connectivity index (χ0) is 17.9. The van der Waals surface area contributed by atoms with Crippen LogP contribution >= 0.6 is 0 Å². The summed E-state index contributed by atoms with van der Waals surface area (Å²) in [6.07, 6.45) is 3.77.